The molecule has 2 rings (SSSR count). The first-order chi connectivity index (χ1) is 9.24. The zero-order chi connectivity index (χ0) is 13.6. The van der Waals surface area contributed by atoms with E-state index in [0.717, 1.165) is 50.6 Å². The molecule has 19 heavy (non-hydrogen) atoms. The third-order valence-electron chi connectivity index (χ3n) is 3.95. The second kappa shape index (κ2) is 7.28. The molecule has 1 saturated heterocycles. The summed E-state index contributed by atoms with van der Waals surface area (Å²) in [6.45, 7) is 6.15. The molecule has 3 heteroatoms. The summed E-state index contributed by atoms with van der Waals surface area (Å²) in [5, 5.41) is 4.43. The molecule has 0 saturated carbocycles. The molecule has 0 spiro atoms. The fourth-order valence-corrected chi connectivity index (χ4v) is 3.04. The van der Waals surface area contributed by atoms with Crippen LogP contribution in [-0.2, 0) is 11.2 Å². The molecule has 1 aliphatic heterocycles. The molecule has 1 fully saturated rings. The van der Waals surface area contributed by atoms with Crippen LogP contribution < -0.4 is 5.32 Å². The van der Waals surface area contributed by atoms with Crippen molar-refractivity contribution in [1.82, 2.24) is 5.32 Å². The minimum atomic E-state index is 0.331. The molecule has 0 amide bonds. The third kappa shape index (κ3) is 4.48. The maximum Gasteiger partial charge on any atom is 0.0471 e. The Morgan fingerprint density at radius 3 is 2.79 bits per heavy atom. The molecular formula is C16H24ClNO. The number of rotatable bonds is 6. The summed E-state index contributed by atoms with van der Waals surface area (Å²) in [6, 6.07) is 8.27. The molecule has 1 aliphatic rings. The minimum absolute atomic E-state index is 0.331. The van der Waals surface area contributed by atoms with Crippen LogP contribution in [0, 0.1) is 5.41 Å². The molecule has 0 atom stereocenters. The van der Waals surface area contributed by atoms with Crippen molar-refractivity contribution in [2.24, 2.45) is 5.41 Å². The molecule has 1 aromatic carbocycles. The van der Waals surface area contributed by atoms with E-state index in [-0.39, 0.29) is 0 Å². The van der Waals surface area contributed by atoms with Crippen molar-refractivity contribution in [1.29, 1.82) is 0 Å². The Bertz CT molecular complexity index is 388. The van der Waals surface area contributed by atoms with Crippen molar-refractivity contribution in [2.45, 2.75) is 32.6 Å². The summed E-state index contributed by atoms with van der Waals surface area (Å²) in [7, 11) is 0. The van der Waals surface area contributed by atoms with E-state index < -0.39 is 0 Å². The first-order valence-corrected chi connectivity index (χ1v) is 7.65. The average molecular weight is 282 g/mol. The average Bonchev–Trinajstić information content (AvgIpc) is 2.40. The van der Waals surface area contributed by atoms with Crippen LogP contribution in [0.5, 0.6) is 0 Å². The largest absolute Gasteiger partial charge is 0.381 e. The maximum atomic E-state index is 6.09. The summed E-state index contributed by atoms with van der Waals surface area (Å²) in [5.74, 6) is 0. The van der Waals surface area contributed by atoms with E-state index in [1.54, 1.807) is 0 Å². The lowest BCUT2D eigenvalue weighted by Gasteiger charge is -2.37. The van der Waals surface area contributed by atoms with E-state index in [4.69, 9.17) is 16.3 Å². The molecule has 1 N–H and O–H groups in total. The molecule has 0 radical (unpaired) electrons. The zero-order valence-corrected chi connectivity index (χ0v) is 12.5. The predicted octanol–water partition coefficient (Wildman–Crippen LogP) is 3.68. The van der Waals surface area contributed by atoms with E-state index in [1.807, 2.05) is 12.1 Å². The lowest BCUT2D eigenvalue weighted by atomic mass is 9.75. The third-order valence-corrected chi connectivity index (χ3v) is 4.18. The van der Waals surface area contributed by atoms with E-state index in [0.29, 0.717) is 5.41 Å². The van der Waals surface area contributed by atoms with Crippen molar-refractivity contribution in [3.63, 3.8) is 0 Å². The molecule has 1 aromatic rings. The number of halogens is 1. The van der Waals surface area contributed by atoms with Crippen LogP contribution in [0.25, 0.3) is 0 Å². The molecular weight excluding hydrogens is 258 g/mol. The van der Waals surface area contributed by atoms with Gasteiger partial charge < -0.3 is 10.1 Å². The quantitative estimate of drug-likeness (QED) is 0.803. The SMILES string of the molecule is CCCNCC1(Cc2cccc(Cl)c2)CCOCC1. The summed E-state index contributed by atoms with van der Waals surface area (Å²) in [6.07, 6.45) is 4.55. The highest BCUT2D eigenvalue weighted by molar-refractivity contribution is 6.30. The number of hydrogen-bond donors (Lipinski definition) is 1. The Balaban J connectivity index is 2.04. The smallest absolute Gasteiger partial charge is 0.0471 e. The Morgan fingerprint density at radius 2 is 2.11 bits per heavy atom. The molecule has 0 unspecified atom stereocenters. The van der Waals surface area contributed by atoms with Crippen LogP contribution in [0.3, 0.4) is 0 Å². The molecule has 2 nitrogen and oxygen atoms in total. The standard InChI is InChI=1S/C16H24ClNO/c1-2-8-18-13-16(6-9-19-10-7-16)12-14-4-3-5-15(17)11-14/h3-5,11,18H,2,6-10,12-13H2,1H3. The van der Waals surface area contributed by atoms with E-state index >= 15 is 0 Å². The number of hydrogen-bond acceptors (Lipinski definition) is 2. The molecule has 0 aliphatic carbocycles. The van der Waals surface area contributed by atoms with E-state index in [1.165, 1.54) is 12.0 Å². The van der Waals surface area contributed by atoms with Gasteiger partial charge in [0.1, 0.15) is 0 Å². The monoisotopic (exact) mass is 281 g/mol. The molecule has 0 aromatic heterocycles. The van der Waals surface area contributed by atoms with E-state index in [2.05, 4.69) is 24.4 Å². The van der Waals surface area contributed by atoms with Gasteiger partial charge in [0.2, 0.25) is 0 Å². The van der Waals surface area contributed by atoms with Gasteiger partial charge in [0.05, 0.1) is 0 Å². The Hall–Kier alpha value is -0.570. The zero-order valence-electron chi connectivity index (χ0n) is 11.8. The number of ether oxygens (including phenoxy) is 1. The van der Waals surface area contributed by atoms with Crippen molar-refractivity contribution < 1.29 is 4.74 Å². The summed E-state index contributed by atoms with van der Waals surface area (Å²) >= 11 is 6.09. The van der Waals surface area contributed by atoms with Gasteiger partial charge in [-0.2, -0.15) is 0 Å². The first-order valence-electron chi connectivity index (χ1n) is 7.27. The van der Waals surface area contributed by atoms with Crippen LogP contribution in [-0.4, -0.2) is 26.3 Å². The van der Waals surface area contributed by atoms with Gasteiger partial charge in [-0.3, -0.25) is 0 Å². The van der Waals surface area contributed by atoms with Gasteiger partial charge >= 0.3 is 0 Å². The van der Waals surface area contributed by atoms with Crippen molar-refractivity contribution in [3.8, 4) is 0 Å². The van der Waals surface area contributed by atoms with Gasteiger partial charge in [0.15, 0.2) is 0 Å². The molecule has 0 bridgehead atoms. The van der Waals surface area contributed by atoms with Gasteiger partial charge in [-0.05, 0) is 55.3 Å². The van der Waals surface area contributed by atoms with Crippen LogP contribution in [0.1, 0.15) is 31.7 Å². The van der Waals surface area contributed by atoms with Gasteiger partial charge in [0.25, 0.3) is 0 Å². The van der Waals surface area contributed by atoms with Gasteiger partial charge in [-0.1, -0.05) is 30.7 Å². The van der Waals surface area contributed by atoms with Gasteiger partial charge in [-0.15, -0.1) is 0 Å². The van der Waals surface area contributed by atoms with Crippen LogP contribution >= 0.6 is 11.6 Å². The Kier molecular flexibility index (Phi) is 5.68. The highest BCUT2D eigenvalue weighted by Gasteiger charge is 2.32. The summed E-state index contributed by atoms with van der Waals surface area (Å²) in [4.78, 5) is 0. The lowest BCUT2D eigenvalue weighted by Crippen LogP contribution is -2.41. The normalized spacial score (nSPS) is 18.4. The fraction of sp³-hybridized carbons (Fsp3) is 0.625. The summed E-state index contributed by atoms with van der Waals surface area (Å²) < 4.78 is 5.54. The van der Waals surface area contributed by atoms with Crippen LogP contribution in [0.15, 0.2) is 24.3 Å². The Morgan fingerprint density at radius 1 is 1.32 bits per heavy atom. The van der Waals surface area contributed by atoms with Gasteiger partial charge in [-0.25, -0.2) is 0 Å². The van der Waals surface area contributed by atoms with Crippen molar-refractivity contribution in [3.05, 3.63) is 34.9 Å². The van der Waals surface area contributed by atoms with Gasteiger partial charge in [0, 0.05) is 24.8 Å². The summed E-state index contributed by atoms with van der Waals surface area (Å²) in [5.41, 5.74) is 1.67. The second-order valence-corrected chi connectivity index (χ2v) is 6.03. The topological polar surface area (TPSA) is 21.3 Å². The minimum Gasteiger partial charge on any atom is -0.381 e. The van der Waals surface area contributed by atoms with E-state index in [9.17, 15) is 0 Å². The first kappa shape index (κ1) is 14.8. The Labute approximate surface area is 121 Å². The number of benzene rings is 1. The lowest BCUT2D eigenvalue weighted by molar-refractivity contribution is 0.0150. The maximum absolute atomic E-state index is 6.09. The second-order valence-electron chi connectivity index (χ2n) is 5.60. The van der Waals surface area contributed by atoms with Crippen molar-refractivity contribution in [2.75, 3.05) is 26.3 Å². The van der Waals surface area contributed by atoms with Crippen molar-refractivity contribution >= 4 is 11.6 Å². The highest BCUT2D eigenvalue weighted by Crippen LogP contribution is 2.34. The number of nitrogens with one attached hydrogen (secondary N) is 1. The van der Waals surface area contributed by atoms with Crippen LogP contribution in [0.2, 0.25) is 5.02 Å². The molecule has 1 heterocycles. The predicted molar refractivity (Wildman–Crippen MR) is 80.8 cm³/mol. The highest BCUT2D eigenvalue weighted by atomic mass is 35.5. The van der Waals surface area contributed by atoms with Crippen LogP contribution in [0.4, 0.5) is 0 Å². The molecule has 106 valence electrons. The fourth-order valence-electron chi connectivity index (χ4n) is 2.83.